The van der Waals surface area contributed by atoms with Crippen molar-refractivity contribution in [2.75, 3.05) is 0 Å². The van der Waals surface area contributed by atoms with Crippen LogP contribution < -0.4 is 0 Å². The molecular weight excluding hydrogens is 593 g/mol. The van der Waals surface area contributed by atoms with Crippen molar-refractivity contribution < 1.29 is 31.0 Å². The summed E-state index contributed by atoms with van der Waals surface area (Å²) in [6, 6.07) is 29.5. The molecule has 3 aromatic carbocycles. The van der Waals surface area contributed by atoms with Crippen LogP contribution in [0.1, 0.15) is 16.1 Å². The van der Waals surface area contributed by atoms with E-state index in [1.807, 2.05) is 53.1 Å². The van der Waals surface area contributed by atoms with E-state index in [1.54, 1.807) is 36.5 Å². The monoisotopic (exact) mass is 609 g/mol. The molecule has 0 aliphatic heterocycles. The summed E-state index contributed by atoms with van der Waals surface area (Å²) < 4.78 is 2.01. The van der Waals surface area contributed by atoms with Gasteiger partial charge in [0, 0.05) is 38.2 Å². The molecule has 0 atom stereocenters. The average Bonchev–Trinajstić information content (AvgIpc) is 3.18. The molecule has 0 fully saturated rings. The normalized spacial score (nSPS) is 11.0. The largest absolute Gasteiger partial charge is 0.506 e. The predicted molar refractivity (Wildman–Crippen MR) is 124 cm³/mol. The second-order valence-corrected chi connectivity index (χ2v) is 7.55. The Balaban J connectivity index is 0.00000228. The SMILES string of the molecule is O=C(c1[c-]c2c(cc1)c1ccccc1n2-c1ccccn1)c1ccc2cccc(O)c2n1.[Pt]. The fourth-order valence-electron chi connectivity index (χ4n) is 4.14. The van der Waals surface area contributed by atoms with Crippen LogP contribution >= 0.6 is 0 Å². The number of aromatic nitrogens is 3. The van der Waals surface area contributed by atoms with Gasteiger partial charge in [-0.15, -0.1) is 18.2 Å². The Kier molecular flexibility index (Phi) is 5.27. The Morgan fingerprint density at radius 3 is 2.55 bits per heavy atom. The van der Waals surface area contributed by atoms with Gasteiger partial charge in [0.15, 0.2) is 0 Å². The molecule has 0 amide bonds. The van der Waals surface area contributed by atoms with E-state index in [4.69, 9.17) is 0 Å². The number of phenols is 1. The topological polar surface area (TPSA) is 68.0 Å². The fraction of sp³-hybridized carbons (Fsp3) is 0. The van der Waals surface area contributed by atoms with Gasteiger partial charge in [-0.1, -0.05) is 53.4 Å². The van der Waals surface area contributed by atoms with Crippen LogP contribution in [-0.2, 0) is 21.1 Å². The van der Waals surface area contributed by atoms with Crippen molar-refractivity contribution in [2.24, 2.45) is 0 Å². The number of hydrogen-bond donors (Lipinski definition) is 1. The van der Waals surface area contributed by atoms with Crippen LogP contribution in [0.2, 0.25) is 0 Å². The van der Waals surface area contributed by atoms with E-state index in [9.17, 15) is 9.90 Å². The summed E-state index contributed by atoms with van der Waals surface area (Å²) in [4.78, 5) is 22.2. The minimum Gasteiger partial charge on any atom is -0.506 e. The van der Waals surface area contributed by atoms with E-state index in [1.165, 1.54) is 0 Å². The van der Waals surface area contributed by atoms with E-state index in [2.05, 4.69) is 22.1 Å². The van der Waals surface area contributed by atoms with Gasteiger partial charge < -0.3 is 14.5 Å². The van der Waals surface area contributed by atoms with Gasteiger partial charge in [-0.3, -0.25) is 4.98 Å². The van der Waals surface area contributed by atoms with Crippen molar-refractivity contribution in [2.45, 2.75) is 0 Å². The number of pyridine rings is 2. The number of hydrogen-bond acceptors (Lipinski definition) is 4. The van der Waals surface area contributed by atoms with Crippen molar-refractivity contribution >= 4 is 38.5 Å². The van der Waals surface area contributed by atoms with Crippen molar-refractivity contribution in [1.82, 2.24) is 14.5 Å². The molecule has 0 spiro atoms. The molecule has 5 nitrogen and oxygen atoms in total. The number of para-hydroxylation sites is 2. The van der Waals surface area contributed by atoms with Gasteiger partial charge in [0.2, 0.25) is 0 Å². The van der Waals surface area contributed by atoms with E-state index in [-0.39, 0.29) is 38.3 Å². The zero-order valence-corrected chi connectivity index (χ0v) is 19.4. The molecule has 1 N–H and O–H groups in total. The number of benzene rings is 3. The molecule has 162 valence electrons. The van der Waals surface area contributed by atoms with Gasteiger partial charge in [-0.2, -0.15) is 0 Å². The molecule has 0 saturated heterocycles. The Bertz CT molecular complexity index is 1660. The summed E-state index contributed by atoms with van der Waals surface area (Å²) in [5.74, 6) is 0.551. The minimum absolute atomic E-state index is 0. The van der Waals surface area contributed by atoms with Gasteiger partial charge in [0.1, 0.15) is 22.9 Å². The first kappa shape index (κ1) is 21.0. The molecule has 6 aromatic rings. The smallest absolute Gasteiger partial charge is 0.141 e. The number of ketones is 1. The average molecular weight is 610 g/mol. The van der Waals surface area contributed by atoms with Crippen molar-refractivity contribution in [3.05, 3.63) is 108 Å². The molecule has 0 aliphatic carbocycles. The summed E-state index contributed by atoms with van der Waals surface area (Å²) in [6.07, 6.45) is 1.75. The van der Waals surface area contributed by atoms with Crippen LogP contribution in [0.3, 0.4) is 0 Å². The molecule has 0 saturated carbocycles. The first-order valence-corrected chi connectivity index (χ1v) is 10.2. The molecule has 0 bridgehead atoms. The van der Waals surface area contributed by atoms with Gasteiger partial charge >= 0.3 is 0 Å². The maximum absolute atomic E-state index is 13.3. The summed E-state index contributed by atoms with van der Waals surface area (Å²) in [5, 5.41) is 13.0. The third-order valence-corrected chi connectivity index (χ3v) is 5.64. The van der Waals surface area contributed by atoms with E-state index in [0.717, 1.165) is 33.0 Å². The quantitative estimate of drug-likeness (QED) is 0.214. The molecule has 6 rings (SSSR count). The second-order valence-electron chi connectivity index (χ2n) is 7.55. The van der Waals surface area contributed by atoms with E-state index in [0.29, 0.717) is 11.1 Å². The Labute approximate surface area is 203 Å². The molecule has 0 radical (unpaired) electrons. The summed E-state index contributed by atoms with van der Waals surface area (Å²) in [5.41, 5.74) is 2.84. The Morgan fingerprint density at radius 2 is 1.70 bits per heavy atom. The number of rotatable bonds is 3. The predicted octanol–water partition coefficient (Wildman–Crippen LogP) is 5.46. The fourth-order valence-corrected chi connectivity index (χ4v) is 4.14. The number of nitrogens with zero attached hydrogens (tertiary/aromatic N) is 3. The number of phenolic OH excluding ortho intramolecular Hbond substituents is 1. The van der Waals surface area contributed by atoms with Crippen molar-refractivity contribution in [3.8, 4) is 11.6 Å². The molecule has 3 heterocycles. The van der Waals surface area contributed by atoms with Gasteiger partial charge in [0.25, 0.3) is 0 Å². The third kappa shape index (κ3) is 3.42. The Hall–Kier alpha value is -3.82. The van der Waals surface area contributed by atoms with Gasteiger partial charge in [0.05, 0.1) is 5.69 Å². The molecule has 0 unspecified atom stereocenters. The Morgan fingerprint density at radius 1 is 0.848 bits per heavy atom. The standard InChI is InChI=1S/C27H16N3O2.Pt/c31-24-9-5-6-17-12-14-21(29-26(17)24)27(32)18-11-13-20-19-7-1-2-8-22(19)30(23(20)16-18)25-10-3-4-15-28-25;/h1-15,31H;/q-1;. The summed E-state index contributed by atoms with van der Waals surface area (Å²) in [6.45, 7) is 0. The van der Waals surface area contributed by atoms with Gasteiger partial charge in [-0.05, 0) is 41.2 Å². The van der Waals surface area contributed by atoms with Crippen molar-refractivity contribution in [3.63, 3.8) is 0 Å². The molecule has 6 heteroatoms. The zero-order chi connectivity index (χ0) is 21.7. The number of carbonyl (C=O) groups excluding carboxylic acids is 1. The summed E-state index contributed by atoms with van der Waals surface area (Å²) in [7, 11) is 0. The molecule has 33 heavy (non-hydrogen) atoms. The first-order valence-electron chi connectivity index (χ1n) is 10.2. The summed E-state index contributed by atoms with van der Waals surface area (Å²) >= 11 is 0. The second kappa shape index (κ2) is 8.27. The van der Waals surface area contributed by atoms with E-state index < -0.39 is 0 Å². The van der Waals surface area contributed by atoms with Crippen LogP contribution in [0.15, 0.2) is 91.1 Å². The molecule has 0 aliphatic rings. The maximum atomic E-state index is 13.3. The van der Waals surface area contributed by atoms with Crippen LogP contribution in [0.25, 0.3) is 38.5 Å². The van der Waals surface area contributed by atoms with Crippen molar-refractivity contribution in [1.29, 1.82) is 0 Å². The number of carbonyl (C=O) groups is 1. The first-order chi connectivity index (χ1) is 15.7. The van der Waals surface area contributed by atoms with Crippen LogP contribution in [0.4, 0.5) is 0 Å². The third-order valence-electron chi connectivity index (χ3n) is 5.64. The number of fused-ring (bicyclic) bond motifs is 4. The zero-order valence-electron chi connectivity index (χ0n) is 17.2. The van der Waals surface area contributed by atoms with Crippen LogP contribution in [-0.4, -0.2) is 25.4 Å². The van der Waals surface area contributed by atoms with Gasteiger partial charge in [-0.25, -0.2) is 4.98 Å². The maximum Gasteiger partial charge on any atom is 0.141 e. The minimum atomic E-state index is -0.255. The van der Waals surface area contributed by atoms with E-state index >= 15 is 0 Å². The van der Waals surface area contributed by atoms with Crippen LogP contribution in [0, 0.1) is 6.07 Å². The van der Waals surface area contributed by atoms with Crippen LogP contribution in [0.5, 0.6) is 5.75 Å². The number of aromatic hydroxyl groups is 1. The molecule has 3 aromatic heterocycles. The molecular formula is C27H16N3O2Pt-.